The van der Waals surface area contributed by atoms with Crippen LogP contribution in [0.25, 0.3) is 0 Å². The molecule has 0 aliphatic carbocycles. The van der Waals surface area contributed by atoms with E-state index in [-0.39, 0.29) is 6.10 Å². The Morgan fingerprint density at radius 3 is 1.85 bits per heavy atom. The van der Waals surface area contributed by atoms with Gasteiger partial charge >= 0.3 is 0 Å². The smallest absolute Gasteiger partial charge is 0.0790 e. The van der Waals surface area contributed by atoms with Gasteiger partial charge in [-0.05, 0) is 87.1 Å². The van der Waals surface area contributed by atoms with Crippen LogP contribution >= 0.6 is 0 Å². The molecule has 0 bridgehead atoms. The summed E-state index contributed by atoms with van der Waals surface area (Å²) in [6.45, 7) is 7.97. The predicted octanol–water partition coefficient (Wildman–Crippen LogP) is 6.58. The largest absolute Gasteiger partial charge is 0.388 e. The van der Waals surface area contributed by atoms with Gasteiger partial charge in [0.2, 0.25) is 0 Å². The van der Waals surface area contributed by atoms with Gasteiger partial charge in [0.15, 0.2) is 0 Å². The van der Waals surface area contributed by atoms with Gasteiger partial charge in [0.1, 0.15) is 0 Å². The molecular formula is C35H47N3O. The Morgan fingerprint density at radius 1 is 0.667 bits per heavy atom. The number of hydrogen-bond acceptors (Lipinski definition) is 4. The topological polar surface area (TPSA) is 30.0 Å². The fourth-order valence-electron chi connectivity index (χ4n) is 6.56. The first-order valence-corrected chi connectivity index (χ1v) is 15.2. The first-order chi connectivity index (χ1) is 19.2. The van der Waals surface area contributed by atoms with Crippen LogP contribution in [0.2, 0.25) is 0 Å². The van der Waals surface area contributed by atoms with Gasteiger partial charge in [-0.2, -0.15) is 0 Å². The number of nitrogens with zero attached hydrogens (tertiary/aromatic N) is 3. The standard InChI is InChI=1S/C35H47N3O/c1-36-25-27-38(28-26-36)33-18-16-29(17-19-33)34(39)15-9-4-10-22-37-23-20-32(21-24-37)35(30-11-5-2-6-12-30)31-13-7-3-8-14-31/h2-3,5-8,11-14,16-19,32,34-35,39H,4,9-10,15,20-28H2,1H3. The Hall–Kier alpha value is -2.66. The van der Waals surface area contributed by atoms with Gasteiger partial charge in [-0.25, -0.2) is 0 Å². The molecule has 2 saturated heterocycles. The number of likely N-dealkylation sites (tertiary alicyclic amines) is 1. The maximum atomic E-state index is 10.7. The molecular weight excluding hydrogens is 478 g/mol. The second-order valence-corrected chi connectivity index (χ2v) is 11.7. The predicted molar refractivity (Wildman–Crippen MR) is 163 cm³/mol. The summed E-state index contributed by atoms with van der Waals surface area (Å²) < 4.78 is 0. The molecule has 0 spiro atoms. The van der Waals surface area contributed by atoms with Crippen LogP contribution in [0.3, 0.4) is 0 Å². The van der Waals surface area contributed by atoms with Crippen molar-refractivity contribution in [3.63, 3.8) is 0 Å². The Kier molecular flexibility index (Phi) is 10.1. The average Bonchev–Trinajstić information content (AvgIpc) is 2.99. The van der Waals surface area contributed by atoms with E-state index < -0.39 is 0 Å². The summed E-state index contributed by atoms with van der Waals surface area (Å²) in [4.78, 5) is 7.49. The highest BCUT2D eigenvalue weighted by Gasteiger charge is 2.28. The van der Waals surface area contributed by atoms with E-state index in [4.69, 9.17) is 0 Å². The quantitative estimate of drug-likeness (QED) is 0.287. The number of piperazine rings is 1. The molecule has 2 heterocycles. The van der Waals surface area contributed by atoms with Crippen molar-refractivity contribution in [3.05, 3.63) is 102 Å². The van der Waals surface area contributed by atoms with Crippen molar-refractivity contribution in [1.29, 1.82) is 0 Å². The summed E-state index contributed by atoms with van der Waals surface area (Å²) in [5.74, 6) is 1.19. The van der Waals surface area contributed by atoms with Gasteiger partial charge in [0.05, 0.1) is 6.10 Å². The molecule has 5 rings (SSSR count). The third kappa shape index (κ3) is 7.72. The first-order valence-electron chi connectivity index (χ1n) is 15.2. The van der Waals surface area contributed by atoms with Crippen LogP contribution < -0.4 is 4.90 Å². The van der Waals surface area contributed by atoms with E-state index in [1.807, 2.05) is 0 Å². The molecule has 208 valence electrons. The van der Waals surface area contributed by atoms with Crippen LogP contribution in [0.1, 0.15) is 67.2 Å². The van der Waals surface area contributed by atoms with Gasteiger partial charge in [-0.3, -0.25) is 0 Å². The SMILES string of the molecule is CN1CCN(c2ccc(C(O)CCCCCN3CCC(C(c4ccccc4)c4ccccc4)CC3)cc2)CC1. The monoisotopic (exact) mass is 525 g/mol. The fraction of sp³-hybridized carbons (Fsp3) is 0.486. The summed E-state index contributed by atoms with van der Waals surface area (Å²) in [6, 6.07) is 30.8. The molecule has 3 aromatic rings. The van der Waals surface area contributed by atoms with Crippen LogP contribution in [0, 0.1) is 5.92 Å². The maximum absolute atomic E-state index is 10.7. The minimum atomic E-state index is -0.352. The second-order valence-electron chi connectivity index (χ2n) is 11.7. The third-order valence-electron chi connectivity index (χ3n) is 9.02. The number of likely N-dealkylation sites (N-methyl/N-ethyl adjacent to an activating group) is 1. The zero-order valence-corrected chi connectivity index (χ0v) is 23.8. The number of unbranched alkanes of at least 4 members (excludes halogenated alkanes) is 2. The highest BCUT2D eigenvalue weighted by atomic mass is 16.3. The zero-order chi connectivity index (χ0) is 26.9. The molecule has 2 aliphatic rings. The first kappa shape index (κ1) is 27.9. The Balaban J connectivity index is 1.01. The van der Waals surface area contributed by atoms with Crippen LogP contribution in [-0.4, -0.2) is 67.8 Å². The van der Waals surface area contributed by atoms with Gasteiger partial charge in [0, 0.05) is 37.8 Å². The number of aliphatic hydroxyl groups is 1. The molecule has 4 heteroatoms. The van der Waals surface area contributed by atoms with Crippen LogP contribution in [0.15, 0.2) is 84.9 Å². The molecule has 0 aromatic heterocycles. The van der Waals surface area contributed by atoms with Crippen molar-refractivity contribution in [3.8, 4) is 0 Å². The van der Waals surface area contributed by atoms with Crippen molar-refractivity contribution in [2.45, 2.75) is 50.5 Å². The third-order valence-corrected chi connectivity index (χ3v) is 9.02. The van der Waals surface area contributed by atoms with E-state index in [1.165, 1.54) is 62.1 Å². The highest BCUT2D eigenvalue weighted by molar-refractivity contribution is 5.48. The summed E-state index contributed by atoms with van der Waals surface area (Å²) >= 11 is 0. The minimum Gasteiger partial charge on any atom is -0.388 e. The van der Waals surface area contributed by atoms with Crippen molar-refractivity contribution in [2.75, 3.05) is 57.8 Å². The molecule has 0 saturated carbocycles. The van der Waals surface area contributed by atoms with Gasteiger partial charge in [-0.15, -0.1) is 0 Å². The van der Waals surface area contributed by atoms with Crippen LogP contribution in [0.5, 0.6) is 0 Å². The molecule has 2 fully saturated rings. The summed E-state index contributed by atoms with van der Waals surface area (Å²) in [7, 11) is 2.19. The molecule has 1 N–H and O–H groups in total. The normalized spacial score (nSPS) is 18.5. The molecule has 0 radical (unpaired) electrons. The van der Waals surface area contributed by atoms with Gasteiger partial charge in [-0.1, -0.05) is 85.6 Å². The van der Waals surface area contributed by atoms with Gasteiger partial charge < -0.3 is 19.8 Å². The molecule has 3 aromatic carbocycles. The van der Waals surface area contributed by atoms with E-state index in [0.29, 0.717) is 11.8 Å². The van der Waals surface area contributed by atoms with E-state index in [1.54, 1.807) is 0 Å². The average molecular weight is 526 g/mol. The molecule has 1 atom stereocenters. The molecule has 39 heavy (non-hydrogen) atoms. The van der Waals surface area contributed by atoms with E-state index in [2.05, 4.69) is 107 Å². The summed E-state index contributed by atoms with van der Waals surface area (Å²) in [5.41, 5.74) is 5.24. The maximum Gasteiger partial charge on any atom is 0.0790 e. The van der Waals surface area contributed by atoms with Crippen molar-refractivity contribution in [1.82, 2.24) is 9.80 Å². The minimum absolute atomic E-state index is 0.352. The second kappa shape index (κ2) is 14.1. The number of aliphatic hydroxyl groups excluding tert-OH is 1. The van der Waals surface area contributed by atoms with Crippen LogP contribution in [0.4, 0.5) is 5.69 Å². The Morgan fingerprint density at radius 2 is 1.26 bits per heavy atom. The lowest BCUT2D eigenvalue weighted by molar-refractivity contribution is 0.157. The van der Waals surface area contributed by atoms with Crippen LogP contribution in [-0.2, 0) is 0 Å². The number of benzene rings is 3. The van der Waals surface area contributed by atoms with E-state index in [0.717, 1.165) is 44.6 Å². The van der Waals surface area contributed by atoms with E-state index in [9.17, 15) is 5.11 Å². The lowest BCUT2D eigenvalue weighted by atomic mass is 9.76. The molecule has 2 aliphatic heterocycles. The zero-order valence-electron chi connectivity index (χ0n) is 23.8. The van der Waals surface area contributed by atoms with Crippen molar-refractivity contribution < 1.29 is 5.11 Å². The van der Waals surface area contributed by atoms with Crippen molar-refractivity contribution in [2.24, 2.45) is 5.92 Å². The summed E-state index contributed by atoms with van der Waals surface area (Å²) in [6.07, 6.45) is 6.52. The Labute approximate surface area is 236 Å². The number of anilines is 1. The fourth-order valence-corrected chi connectivity index (χ4v) is 6.56. The molecule has 1 unspecified atom stereocenters. The lowest BCUT2D eigenvalue weighted by Crippen LogP contribution is -2.44. The Bertz CT molecular complexity index is 1050. The van der Waals surface area contributed by atoms with Gasteiger partial charge in [0.25, 0.3) is 0 Å². The van der Waals surface area contributed by atoms with Crippen molar-refractivity contribution >= 4 is 5.69 Å². The molecule has 0 amide bonds. The summed E-state index contributed by atoms with van der Waals surface area (Å²) in [5, 5.41) is 10.7. The lowest BCUT2D eigenvalue weighted by Gasteiger charge is -2.36. The number of hydrogen-bond donors (Lipinski definition) is 1. The van der Waals surface area contributed by atoms with E-state index >= 15 is 0 Å². The number of rotatable bonds is 11. The number of piperidine rings is 1. The molecule has 4 nitrogen and oxygen atoms in total. The highest BCUT2D eigenvalue weighted by Crippen LogP contribution is 2.38.